The van der Waals surface area contributed by atoms with E-state index in [0.717, 1.165) is 30.8 Å². The van der Waals surface area contributed by atoms with Crippen LogP contribution in [0, 0.1) is 0 Å². The normalized spacial score (nSPS) is 22.4. The summed E-state index contributed by atoms with van der Waals surface area (Å²) < 4.78 is 11.4. The topological polar surface area (TPSA) is 32.3 Å². The van der Waals surface area contributed by atoms with Gasteiger partial charge in [0.05, 0.1) is 0 Å². The Morgan fingerprint density at radius 1 is 1.12 bits per heavy atom. The van der Waals surface area contributed by atoms with Gasteiger partial charge in [-0.2, -0.15) is 0 Å². The van der Waals surface area contributed by atoms with Crippen LogP contribution in [-0.2, 0) is 23.1 Å². The van der Waals surface area contributed by atoms with E-state index in [0.29, 0.717) is 17.8 Å². The maximum absolute atomic E-state index is 11.4. The first-order chi connectivity index (χ1) is 11.6. The van der Waals surface area contributed by atoms with Crippen LogP contribution in [0.25, 0.3) is 0 Å². The van der Waals surface area contributed by atoms with Gasteiger partial charge in [-0.25, -0.2) is 0 Å². The molecule has 3 rings (SSSR count). The molecule has 0 radical (unpaired) electrons. The van der Waals surface area contributed by atoms with Crippen LogP contribution in [-0.4, -0.2) is 34.0 Å². The molecule has 0 aromatic heterocycles. The summed E-state index contributed by atoms with van der Waals surface area (Å²) in [5.41, 5.74) is 3.64. The molecule has 0 amide bonds. The number of hydrogen-bond acceptors (Lipinski definition) is 3. The van der Waals surface area contributed by atoms with Crippen LogP contribution in [0.3, 0.4) is 0 Å². The lowest BCUT2D eigenvalue weighted by atomic mass is 10.1. The molecule has 1 N–H and O–H groups in total. The summed E-state index contributed by atoms with van der Waals surface area (Å²) >= 11 is 0. The van der Waals surface area contributed by atoms with Crippen LogP contribution < -0.4 is 5.32 Å². The van der Waals surface area contributed by atoms with Crippen molar-refractivity contribution in [3.8, 4) is 0 Å². The highest BCUT2D eigenvalue weighted by Crippen LogP contribution is 2.23. The summed E-state index contributed by atoms with van der Waals surface area (Å²) in [6.45, 7) is 4.37. The number of rotatable bonds is 6. The van der Waals surface area contributed by atoms with E-state index in [-0.39, 0.29) is 0 Å². The lowest BCUT2D eigenvalue weighted by Gasteiger charge is -2.21. The summed E-state index contributed by atoms with van der Waals surface area (Å²) in [4.78, 5) is 2.54. The van der Waals surface area contributed by atoms with Crippen molar-refractivity contribution in [2.24, 2.45) is 0 Å². The Morgan fingerprint density at radius 3 is 2.62 bits per heavy atom. The number of nitrogens with zero attached hydrogens (tertiary/aromatic N) is 1. The highest BCUT2D eigenvalue weighted by Gasteiger charge is 2.28. The fourth-order valence-corrected chi connectivity index (χ4v) is 4.11. The molecule has 24 heavy (non-hydrogen) atoms. The molecule has 0 aliphatic carbocycles. The van der Waals surface area contributed by atoms with Crippen LogP contribution >= 0.6 is 0 Å². The predicted octanol–water partition coefficient (Wildman–Crippen LogP) is 3.64. The predicted molar refractivity (Wildman–Crippen MR) is 103 cm³/mol. The van der Waals surface area contributed by atoms with E-state index in [2.05, 4.69) is 59.6 Å². The molecule has 3 unspecified atom stereocenters. The van der Waals surface area contributed by atoms with Gasteiger partial charge in [0.15, 0.2) is 0 Å². The second kappa shape index (κ2) is 7.95. The summed E-state index contributed by atoms with van der Waals surface area (Å²) in [7, 11) is -0.799. The largest absolute Gasteiger partial charge is 0.381 e. The standard InChI is InChI=1S/C20H26N2OS/c1-16-11-20(14-22(16)13-17-7-4-3-5-8-17)21-19-10-6-9-18(12-19)15-24(2)23/h3-10,12,16,20-21H,11,13-15H2,1-2H3. The Hall–Kier alpha value is -1.65. The van der Waals surface area contributed by atoms with Crippen molar-refractivity contribution in [1.29, 1.82) is 0 Å². The molecule has 2 aromatic rings. The van der Waals surface area contributed by atoms with Crippen molar-refractivity contribution in [3.63, 3.8) is 0 Å². The maximum Gasteiger partial charge on any atom is 0.0483 e. The molecule has 1 fully saturated rings. The van der Waals surface area contributed by atoms with E-state index >= 15 is 0 Å². The third kappa shape index (κ3) is 4.68. The Morgan fingerprint density at radius 2 is 1.88 bits per heavy atom. The van der Waals surface area contributed by atoms with Crippen molar-refractivity contribution in [2.45, 2.75) is 37.7 Å². The minimum Gasteiger partial charge on any atom is -0.381 e. The van der Waals surface area contributed by atoms with Crippen LogP contribution in [0.1, 0.15) is 24.5 Å². The molecule has 0 spiro atoms. The molecule has 1 aliphatic rings. The molecule has 0 bridgehead atoms. The zero-order valence-electron chi connectivity index (χ0n) is 14.4. The minimum atomic E-state index is -0.799. The third-order valence-corrected chi connectivity index (χ3v) is 5.34. The Labute approximate surface area is 147 Å². The summed E-state index contributed by atoms with van der Waals surface area (Å²) in [6.07, 6.45) is 2.90. The van der Waals surface area contributed by atoms with Crippen molar-refractivity contribution in [3.05, 3.63) is 65.7 Å². The fourth-order valence-electron chi connectivity index (χ4n) is 3.46. The van der Waals surface area contributed by atoms with Crippen molar-refractivity contribution < 1.29 is 4.21 Å². The smallest absolute Gasteiger partial charge is 0.0483 e. The molecular formula is C20H26N2OS. The lowest BCUT2D eigenvalue weighted by Crippen LogP contribution is -2.28. The fraction of sp³-hybridized carbons (Fsp3) is 0.400. The van der Waals surface area contributed by atoms with Gasteiger partial charge >= 0.3 is 0 Å². The van der Waals surface area contributed by atoms with Gasteiger partial charge < -0.3 is 5.32 Å². The number of nitrogens with one attached hydrogen (secondary N) is 1. The minimum absolute atomic E-state index is 0.464. The Kier molecular flexibility index (Phi) is 5.69. The van der Waals surface area contributed by atoms with Gasteiger partial charge in [-0.15, -0.1) is 0 Å². The van der Waals surface area contributed by atoms with Gasteiger partial charge in [-0.05, 0) is 36.6 Å². The maximum atomic E-state index is 11.4. The first-order valence-corrected chi connectivity index (χ1v) is 10.3. The summed E-state index contributed by atoms with van der Waals surface area (Å²) in [5, 5.41) is 3.66. The summed E-state index contributed by atoms with van der Waals surface area (Å²) in [6, 6.07) is 20.0. The highest BCUT2D eigenvalue weighted by molar-refractivity contribution is 7.83. The highest BCUT2D eigenvalue weighted by atomic mass is 32.2. The van der Waals surface area contributed by atoms with Crippen LogP contribution in [0.4, 0.5) is 5.69 Å². The van der Waals surface area contributed by atoms with E-state index in [9.17, 15) is 4.21 Å². The average Bonchev–Trinajstić information content (AvgIpc) is 2.87. The van der Waals surface area contributed by atoms with Crippen molar-refractivity contribution in [2.75, 3.05) is 18.1 Å². The summed E-state index contributed by atoms with van der Waals surface area (Å²) in [5.74, 6) is 0.622. The SMILES string of the molecule is CC1CC(Nc2cccc(CS(C)=O)c2)CN1Cc1ccccc1. The zero-order valence-corrected chi connectivity index (χ0v) is 15.3. The molecule has 1 aliphatic heterocycles. The molecule has 3 atom stereocenters. The van der Waals surface area contributed by atoms with Crippen LogP contribution in [0.2, 0.25) is 0 Å². The van der Waals surface area contributed by atoms with Crippen LogP contribution in [0.5, 0.6) is 0 Å². The van der Waals surface area contributed by atoms with Gasteiger partial charge in [0.25, 0.3) is 0 Å². The monoisotopic (exact) mass is 342 g/mol. The molecule has 3 nitrogen and oxygen atoms in total. The molecule has 1 heterocycles. The molecule has 4 heteroatoms. The molecule has 0 saturated carbocycles. The van der Waals surface area contributed by atoms with Gasteiger partial charge in [-0.3, -0.25) is 9.11 Å². The average molecular weight is 343 g/mol. The number of likely N-dealkylation sites (tertiary alicyclic amines) is 1. The lowest BCUT2D eigenvalue weighted by molar-refractivity contribution is 0.259. The van der Waals surface area contributed by atoms with E-state index in [4.69, 9.17) is 0 Å². The first-order valence-electron chi connectivity index (χ1n) is 8.53. The van der Waals surface area contributed by atoms with E-state index < -0.39 is 10.8 Å². The van der Waals surface area contributed by atoms with E-state index in [1.54, 1.807) is 6.26 Å². The zero-order chi connectivity index (χ0) is 16.9. The van der Waals surface area contributed by atoms with Gasteiger partial charge in [-0.1, -0.05) is 42.5 Å². The second-order valence-corrected chi connectivity index (χ2v) is 8.19. The van der Waals surface area contributed by atoms with Crippen LogP contribution in [0.15, 0.2) is 54.6 Å². The van der Waals surface area contributed by atoms with E-state index in [1.165, 1.54) is 5.56 Å². The molecule has 1 saturated heterocycles. The number of hydrogen-bond donors (Lipinski definition) is 1. The first kappa shape index (κ1) is 17.2. The van der Waals surface area contributed by atoms with Crippen molar-refractivity contribution >= 4 is 16.5 Å². The molecule has 128 valence electrons. The quantitative estimate of drug-likeness (QED) is 0.870. The number of benzene rings is 2. The van der Waals surface area contributed by atoms with Crippen molar-refractivity contribution in [1.82, 2.24) is 4.90 Å². The Bertz CT molecular complexity index is 689. The van der Waals surface area contributed by atoms with Gasteiger partial charge in [0.2, 0.25) is 0 Å². The van der Waals surface area contributed by atoms with E-state index in [1.807, 2.05) is 12.1 Å². The second-order valence-electron chi connectivity index (χ2n) is 6.76. The third-order valence-electron chi connectivity index (χ3n) is 4.60. The molecule has 2 aromatic carbocycles. The van der Waals surface area contributed by atoms with Gasteiger partial charge in [0, 0.05) is 53.7 Å². The molecular weight excluding hydrogens is 316 g/mol. The van der Waals surface area contributed by atoms with Gasteiger partial charge in [0.1, 0.15) is 0 Å². The number of anilines is 1. The Balaban J connectivity index is 1.60.